The average Bonchev–Trinajstić information content (AvgIpc) is 1.96. The molecule has 0 aromatic carbocycles. The molecule has 0 atom stereocenters. The predicted octanol–water partition coefficient (Wildman–Crippen LogP) is -0.555. The third kappa shape index (κ3) is 154. The lowest BCUT2D eigenvalue weighted by atomic mass is 11.7. The molecule has 5 heteroatoms. The van der Waals surface area contributed by atoms with Crippen molar-refractivity contribution in [1.29, 1.82) is 0 Å². The molecular formula is C3H11O4P. The van der Waals surface area contributed by atoms with E-state index in [9.17, 15) is 0 Å². The molecule has 3 N–H and O–H groups in total. The van der Waals surface area contributed by atoms with E-state index in [1.165, 1.54) is 0 Å². The van der Waals surface area contributed by atoms with Crippen LogP contribution in [-0.2, 0) is 4.57 Å². The molecule has 0 radical (unpaired) electrons. The molecule has 4 nitrogen and oxygen atoms in total. The van der Waals surface area contributed by atoms with Crippen molar-refractivity contribution < 1.29 is 19.9 Å². The fourth-order valence-electron chi connectivity index (χ4n) is 0. The summed E-state index contributed by atoms with van der Waals surface area (Å²) >= 11 is 0. The highest BCUT2D eigenvalue weighted by Gasteiger charge is 1.55. The Morgan fingerprint density at radius 3 is 1.38 bits per heavy atom. The van der Waals surface area contributed by atoms with Gasteiger partial charge in [-0.1, -0.05) is 0 Å². The van der Waals surface area contributed by atoms with Crippen LogP contribution in [0.2, 0.25) is 0 Å². The van der Waals surface area contributed by atoms with Crippen molar-refractivity contribution in [1.82, 2.24) is 0 Å². The van der Waals surface area contributed by atoms with Crippen LogP contribution < -0.4 is 0 Å². The van der Waals surface area contributed by atoms with Crippen LogP contribution >= 0.6 is 8.46 Å². The smallest absolute Gasteiger partial charge is 0.183 e. The third-order valence-electron chi connectivity index (χ3n) is 0.0577. The fraction of sp³-hybridized carbons (Fsp3) is 1.00. The van der Waals surface area contributed by atoms with E-state index in [0.717, 1.165) is 14.2 Å². The van der Waals surface area contributed by atoms with Crippen molar-refractivity contribution in [3.8, 4) is 0 Å². The molecule has 0 heterocycles. The normalized spacial score (nSPS) is 5.62. The SMILES string of the molecule is CO.CO.O=PCO. The molecule has 0 bridgehead atoms. The second-order valence-corrected chi connectivity index (χ2v) is 0.812. The van der Waals surface area contributed by atoms with Gasteiger partial charge in [-0.25, -0.2) is 0 Å². The van der Waals surface area contributed by atoms with Crippen LogP contribution in [0.25, 0.3) is 0 Å². The van der Waals surface area contributed by atoms with Gasteiger partial charge in [0.2, 0.25) is 0 Å². The van der Waals surface area contributed by atoms with Gasteiger partial charge in [0.25, 0.3) is 0 Å². The minimum Gasteiger partial charge on any atom is -0.400 e. The van der Waals surface area contributed by atoms with Gasteiger partial charge in [0.15, 0.2) is 8.46 Å². The number of aliphatic hydroxyl groups excluding tert-OH is 3. The molecule has 0 aliphatic carbocycles. The van der Waals surface area contributed by atoms with Gasteiger partial charge in [-0.3, -0.25) is 4.57 Å². The number of hydrogen-bond donors (Lipinski definition) is 3. The molecule has 0 rings (SSSR count). The molecule has 0 aromatic rings. The molecule has 0 aliphatic rings. The topological polar surface area (TPSA) is 77.8 Å². The van der Waals surface area contributed by atoms with Gasteiger partial charge >= 0.3 is 0 Å². The Morgan fingerprint density at radius 1 is 1.25 bits per heavy atom. The largest absolute Gasteiger partial charge is 0.400 e. The second-order valence-electron chi connectivity index (χ2n) is 0.271. The zero-order valence-electron chi connectivity index (χ0n) is 4.90. The monoisotopic (exact) mass is 142 g/mol. The van der Waals surface area contributed by atoms with Gasteiger partial charge in [-0.2, -0.15) is 0 Å². The molecule has 0 aliphatic heterocycles. The Balaban J connectivity index is -0.0000000542. The van der Waals surface area contributed by atoms with Crippen LogP contribution in [0.3, 0.4) is 0 Å². The quantitative estimate of drug-likeness (QED) is 0.429. The van der Waals surface area contributed by atoms with E-state index in [0.29, 0.717) is 0 Å². The molecule has 0 aromatic heterocycles. The van der Waals surface area contributed by atoms with E-state index in [-0.39, 0.29) is 14.8 Å². The summed E-state index contributed by atoms with van der Waals surface area (Å²) in [5, 5.41) is 21.6. The molecule has 0 amide bonds. The summed E-state index contributed by atoms with van der Waals surface area (Å²) in [6, 6.07) is 0. The first-order valence-corrected chi connectivity index (χ1v) is 2.71. The number of hydrogen-bond acceptors (Lipinski definition) is 4. The van der Waals surface area contributed by atoms with Crippen molar-refractivity contribution in [2.75, 3.05) is 20.6 Å². The molecular weight excluding hydrogens is 131 g/mol. The van der Waals surface area contributed by atoms with Gasteiger partial charge in [0.1, 0.15) is 6.35 Å². The highest BCUT2D eigenvalue weighted by Crippen LogP contribution is 1.79. The first-order valence-electron chi connectivity index (χ1n) is 1.71. The molecule has 0 saturated carbocycles. The van der Waals surface area contributed by atoms with Crippen molar-refractivity contribution in [2.45, 2.75) is 0 Å². The zero-order chi connectivity index (χ0) is 7.41. The molecule has 0 spiro atoms. The van der Waals surface area contributed by atoms with Crippen molar-refractivity contribution in [3.63, 3.8) is 0 Å². The molecule has 52 valence electrons. The van der Waals surface area contributed by atoms with E-state index in [1.807, 2.05) is 0 Å². The van der Waals surface area contributed by atoms with Gasteiger partial charge in [-0.05, 0) is 0 Å². The van der Waals surface area contributed by atoms with Crippen molar-refractivity contribution >= 4 is 8.46 Å². The van der Waals surface area contributed by atoms with E-state index in [1.54, 1.807) is 0 Å². The Labute approximate surface area is 50.0 Å². The average molecular weight is 142 g/mol. The zero-order valence-corrected chi connectivity index (χ0v) is 5.80. The van der Waals surface area contributed by atoms with E-state index < -0.39 is 0 Å². The summed E-state index contributed by atoms with van der Waals surface area (Å²) in [7, 11) is 1.80. The number of aliphatic hydroxyl groups is 3. The second kappa shape index (κ2) is 63.7. The first-order chi connectivity index (χ1) is 3.91. The van der Waals surface area contributed by atoms with Crippen LogP contribution in [0.4, 0.5) is 0 Å². The van der Waals surface area contributed by atoms with Crippen molar-refractivity contribution in [2.24, 2.45) is 0 Å². The summed E-state index contributed by atoms with van der Waals surface area (Å²) in [6.45, 7) is 0. The predicted molar refractivity (Wildman–Crippen MR) is 31.0 cm³/mol. The Bertz CT molecular complexity index is 25.2. The van der Waals surface area contributed by atoms with Gasteiger partial charge in [-0.15, -0.1) is 0 Å². The first kappa shape index (κ1) is 15.7. The van der Waals surface area contributed by atoms with Crippen molar-refractivity contribution in [3.05, 3.63) is 0 Å². The highest BCUT2D eigenvalue weighted by molar-refractivity contribution is 7.23. The molecule has 0 fully saturated rings. The maximum absolute atomic E-state index is 9.02. The standard InChI is InChI=1S/CH3O2P.2CH4O/c2-1-4-3;2*1-2/h2H,1H2;2*2H,1H3. The lowest BCUT2D eigenvalue weighted by Gasteiger charge is -1.52. The Hall–Kier alpha value is -0.0200. The van der Waals surface area contributed by atoms with Crippen LogP contribution in [0.1, 0.15) is 0 Å². The minimum atomic E-state index is -0.264. The molecule has 0 unspecified atom stereocenters. The lowest BCUT2D eigenvalue weighted by Crippen LogP contribution is -1.51. The lowest BCUT2D eigenvalue weighted by molar-refractivity contribution is 0.366. The highest BCUT2D eigenvalue weighted by atomic mass is 31.1. The molecule has 8 heavy (non-hydrogen) atoms. The molecule has 0 saturated heterocycles. The summed E-state index contributed by atoms with van der Waals surface area (Å²) < 4.78 is 9.02. The van der Waals surface area contributed by atoms with Crippen LogP contribution in [-0.4, -0.2) is 35.9 Å². The summed E-state index contributed by atoms with van der Waals surface area (Å²) in [6.07, 6.45) is -0.264. The number of rotatable bonds is 1. The van der Waals surface area contributed by atoms with Gasteiger partial charge in [0, 0.05) is 14.2 Å². The van der Waals surface area contributed by atoms with Crippen LogP contribution in [0.5, 0.6) is 0 Å². The van der Waals surface area contributed by atoms with E-state index in [2.05, 4.69) is 0 Å². The Kier molecular flexibility index (Phi) is 125. The third-order valence-corrected chi connectivity index (χ3v) is 0.173. The fourth-order valence-corrected chi connectivity index (χ4v) is 0. The summed E-state index contributed by atoms with van der Waals surface area (Å²) in [5.41, 5.74) is 0. The Morgan fingerprint density at radius 2 is 1.38 bits per heavy atom. The summed E-state index contributed by atoms with van der Waals surface area (Å²) in [4.78, 5) is 0. The van der Waals surface area contributed by atoms with E-state index in [4.69, 9.17) is 19.9 Å². The van der Waals surface area contributed by atoms with Gasteiger partial charge in [0.05, 0.1) is 0 Å². The van der Waals surface area contributed by atoms with Gasteiger partial charge < -0.3 is 15.3 Å². The van der Waals surface area contributed by atoms with E-state index >= 15 is 0 Å². The maximum Gasteiger partial charge on any atom is 0.183 e. The van der Waals surface area contributed by atoms with Crippen LogP contribution in [0, 0.1) is 0 Å². The summed E-state index contributed by atoms with van der Waals surface area (Å²) in [5.74, 6) is 0. The maximum atomic E-state index is 9.02. The minimum absolute atomic E-state index is 0.196. The van der Waals surface area contributed by atoms with Crippen LogP contribution in [0.15, 0.2) is 0 Å².